The quantitative estimate of drug-likeness (QED) is 0.944. The third-order valence-electron chi connectivity index (χ3n) is 3.46. The Bertz CT molecular complexity index is 541. The summed E-state index contributed by atoms with van der Waals surface area (Å²) in [5.41, 5.74) is 5.07. The average Bonchev–Trinajstić information content (AvgIpc) is 2.67. The number of halogens is 1. The molecule has 0 aliphatic carbocycles. The lowest BCUT2D eigenvalue weighted by molar-refractivity contribution is 0.601. The van der Waals surface area contributed by atoms with Crippen molar-refractivity contribution in [2.24, 2.45) is 7.05 Å². The first-order valence-corrected chi connectivity index (χ1v) is 6.76. The van der Waals surface area contributed by atoms with Gasteiger partial charge >= 0.3 is 0 Å². The summed E-state index contributed by atoms with van der Waals surface area (Å²) in [5, 5.41) is 7.67. The smallest absolute Gasteiger partial charge is 0.0759 e. The van der Waals surface area contributed by atoms with Gasteiger partial charge in [0.1, 0.15) is 0 Å². The predicted octanol–water partition coefficient (Wildman–Crippen LogP) is 3.11. The van der Waals surface area contributed by atoms with Gasteiger partial charge in [-0.25, -0.2) is 0 Å². The molecule has 0 saturated carbocycles. The van der Waals surface area contributed by atoms with Crippen LogP contribution in [0.15, 0.2) is 28.9 Å². The van der Waals surface area contributed by atoms with Crippen molar-refractivity contribution < 1.29 is 0 Å². The molecule has 1 atom stereocenters. The second-order valence-electron chi connectivity index (χ2n) is 4.51. The predicted molar refractivity (Wildman–Crippen MR) is 77.7 cm³/mol. The Morgan fingerprint density at radius 3 is 2.61 bits per heavy atom. The van der Waals surface area contributed by atoms with Crippen LogP contribution in [-0.2, 0) is 7.05 Å². The Hall–Kier alpha value is -1.13. The van der Waals surface area contributed by atoms with Crippen LogP contribution in [0.25, 0.3) is 0 Å². The molecule has 2 rings (SSSR count). The normalized spacial score (nSPS) is 12.7. The molecule has 4 heteroatoms. The van der Waals surface area contributed by atoms with E-state index in [2.05, 4.69) is 58.4 Å². The highest BCUT2D eigenvalue weighted by molar-refractivity contribution is 9.10. The third kappa shape index (κ3) is 2.22. The van der Waals surface area contributed by atoms with E-state index in [0.717, 1.165) is 10.2 Å². The molecule has 0 bridgehead atoms. The Morgan fingerprint density at radius 2 is 2.06 bits per heavy atom. The van der Waals surface area contributed by atoms with Crippen molar-refractivity contribution >= 4 is 15.9 Å². The molecule has 0 fully saturated rings. The van der Waals surface area contributed by atoms with Gasteiger partial charge in [0.05, 0.1) is 22.4 Å². The summed E-state index contributed by atoms with van der Waals surface area (Å²) in [4.78, 5) is 0. The van der Waals surface area contributed by atoms with Crippen LogP contribution in [0.5, 0.6) is 0 Å². The molecular weight excluding hydrogens is 290 g/mol. The summed E-state index contributed by atoms with van der Waals surface area (Å²) in [6.07, 6.45) is 1.84. The fourth-order valence-electron chi connectivity index (χ4n) is 2.27. The first-order chi connectivity index (χ1) is 8.56. The van der Waals surface area contributed by atoms with Gasteiger partial charge in [0.2, 0.25) is 0 Å². The van der Waals surface area contributed by atoms with Gasteiger partial charge in [0, 0.05) is 7.05 Å². The van der Waals surface area contributed by atoms with Crippen LogP contribution in [0.3, 0.4) is 0 Å². The van der Waals surface area contributed by atoms with E-state index in [1.807, 2.05) is 25.0 Å². The topological polar surface area (TPSA) is 29.9 Å². The SMILES string of the molecule is CNC(c1cccc(C)c1C)c1c(Br)cnn1C. The Labute approximate surface area is 116 Å². The number of nitrogens with one attached hydrogen (secondary N) is 1. The molecule has 0 radical (unpaired) electrons. The molecule has 1 unspecified atom stereocenters. The molecule has 96 valence electrons. The highest BCUT2D eigenvalue weighted by Gasteiger charge is 2.20. The van der Waals surface area contributed by atoms with Crippen LogP contribution >= 0.6 is 15.9 Å². The number of benzene rings is 1. The zero-order valence-corrected chi connectivity index (χ0v) is 12.7. The highest BCUT2D eigenvalue weighted by atomic mass is 79.9. The lowest BCUT2D eigenvalue weighted by Gasteiger charge is -2.21. The maximum atomic E-state index is 4.29. The molecule has 0 aliphatic rings. The van der Waals surface area contributed by atoms with Crippen molar-refractivity contribution in [3.05, 3.63) is 51.3 Å². The lowest BCUT2D eigenvalue weighted by Crippen LogP contribution is -2.22. The van der Waals surface area contributed by atoms with E-state index < -0.39 is 0 Å². The highest BCUT2D eigenvalue weighted by Crippen LogP contribution is 2.30. The van der Waals surface area contributed by atoms with Gasteiger partial charge in [-0.1, -0.05) is 18.2 Å². The monoisotopic (exact) mass is 307 g/mol. The van der Waals surface area contributed by atoms with Gasteiger partial charge in [-0.15, -0.1) is 0 Å². The van der Waals surface area contributed by atoms with E-state index in [1.54, 1.807) is 0 Å². The zero-order valence-electron chi connectivity index (χ0n) is 11.2. The summed E-state index contributed by atoms with van der Waals surface area (Å²) in [5.74, 6) is 0. The fraction of sp³-hybridized carbons (Fsp3) is 0.357. The van der Waals surface area contributed by atoms with Crippen LogP contribution in [0.1, 0.15) is 28.4 Å². The Kier molecular flexibility index (Phi) is 3.88. The van der Waals surface area contributed by atoms with E-state index in [1.165, 1.54) is 16.7 Å². The molecule has 1 aromatic heterocycles. The zero-order chi connectivity index (χ0) is 13.3. The first kappa shape index (κ1) is 13.3. The largest absolute Gasteiger partial charge is 0.308 e. The van der Waals surface area contributed by atoms with Gasteiger partial charge in [-0.3, -0.25) is 4.68 Å². The number of hydrogen-bond donors (Lipinski definition) is 1. The van der Waals surface area contributed by atoms with Gasteiger partial charge in [-0.05, 0) is 53.5 Å². The van der Waals surface area contributed by atoms with Crippen LogP contribution in [-0.4, -0.2) is 16.8 Å². The van der Waals surface area contributed by atoms with Crippen LogP contribution in [0.2, 0.25) is 0 Å². The van der Waals surface area contributed by atoms with Crippen molar-refractivity contribution in [2.45, 2.75) is 19.9 Å². The maximum Gasteiger partial charge on any atom is 0.0759 e. The third-order valence-corrected chi connectivity index (χ3v) is 4.07. The number of nitrogens with zero attached hydrogens (tertiary/aromatic N) is 2. The second kappa shape index (κ2) is 5.24. The average molecular weight is 308 g/mol. The molecule has 1 N–H and O–H groups in total. The van der Waals surface area contributed by atoms with Crippen molar-refractivity contribution in [1.29, 1.82) is 0 Å². The summed E-state index contributed by atoms with van der Waals surface area (Å²) >= 11 is 3.58. The Morgan fingerprint density at radius 1 is 1.33 bits per heavy atom. The van der Waals surface area contributed by atoms with Gasteiger partial charge in [0.25, 0.3) is 0 Å². The van der Waals surface area contributed by atoms with E-state index >= 15 is 0 Å². The molecule has 1 aromatic carbocycles. The number of hydrogen-bond acceptors (Lipinski definition) is 2. The number of rotatable bonds is 3. The molecule has 0 amide bonds. The maximum absolute atomic E-state index is 4.29. The van der Waals surface area contributed by atoms with Crippen LogP contribution in [0, 0.1) is 13.8 Å². The molecule has 1 heterocycles. The summed E-state index contributed by atoms with van der Waals surface area (Å²) < 4.78 is 2.94. The van der Waals surface area contributed by atoms with Gasteiger partial charge in [0.15, 0.2) is 0 Å². The minimum Gasteiger partial charge on any atom is -0.308 e. The Balaban J connectivity index is 2.56. The van der Waals surface area contributed by atoms with E-state index in [0.29, 0.717) is 0 Å². The summed E-state index contributed by atoms with van der Waals surface area (Å²) in [6, 6.07) is 6.56. The first-order valence-electron chi connectivity index (χ1n) is 5.97. The van der Waals surface area contributed by atoms with E-state index in [-0.39, 0.29) is 6.04 Å². The van der Waals surface area contributed by atoms with Crippen molar-refractivity contribution in [2.75, 3.05) is 7.05 Å². The summed E-state index contributed by atoms with van der Waals surface area (Å²) in [6.45, 7) is 4.31. The number of aromatic nitrogens is 2. The molecule has 18 heavy (non-hydrogen) atoms. The molecule has 2 aromatic rings. The molecule has 0 spiro atoms. The second-order valence-corrected chi connectivity index (χ2v) is 5.37. The van der Waals surface area contributed by atoms with Crippen LogP contribution < -0.4 is 5.32 Å². The van der Waals surface area contributed by atoms with Crippen molar-refractivity contribution in [3.63, 3.8) is 0 Å². The van der Waals surface area contributed by atoms with Gasteiger partial charge in [-0.2, -0.15) is 5.10 Å². The fourth-order valence-corrected chi connectivity index (χ4v) is 2.85. The molecular formula is C14H18BrN3. The molecule has 3 nitrogen and oxygen atoms in total. The van der Waals surface area contributed by atoms with Crippen LogP contribution in [0.4, 0.5) is 0 Å². The number of aryl methyl sites for hydroxylation is 2. The van der Waals surface area contributed by atoms with Gasteiger partial charge < -0.3 is 5.32 Å². The molecule has 0 aliphatic heterocycles. The van der Waals surface area contributed by atoms with E-state index in [4.69, 9.17) is 0 Å². The van der Waals surface area contributed by atoms with Crippen molar-refractivity contribution in [3.8, 4) is 0 Å². The minimum atomic E-state index is 0.145. The standard InChI is InChI=1S/C14H18BrN3/c1-9-6-5-7-11(10(9)2)13(16-3)14-12(15)8-17-18(14)4/h5-8,13,16H,1-4H3. The van der Waals surface area contributed by atoms with Crippen molar-refractivity contribution in [1.82, 2.24) is 15.1 Å². The lowest BCUT2D eigenvalue weighted by atomic mass is 9.95. The molecule has 0 saturated heterocycles. The summed E-state index contributed by atoms with van der Waals surface area (Å²) in [7, 11) is 3.95. The minimum absolute atomic E-state index is 0.145. The van der Waals surface area contributed by atoms with E-state index in [9.17, 15) is 0 Å².